The summed E-state index contributed by atoms with van der Waals surface area (Å²) in [4.78, 5) is 26.2. The molecule has 0 saturated heterocycles. The van der Waals surface area contributed by atoms with Crippen LogP contribution < -0.4 is 9.64 Å². The maximum Gasteiger partial charge on any atom is 0.348 e. The van der Waals surface area contributed by atoms with E-state index in [1.807, 2.05) is 0 Å². The minimum absolute atomic E-state index is 0.0632. The van der Waals surface area contributed by atoms with Crippen molar-refractivity contribution in [3.8, 4) is 5.75 Å². The summed E-state index contributed by atoms with van der Waals surface area (Å²) in [5.74, 6) is -0.369. The molecule has 23 heavy (non-hydrogen) atoms. The molecule has 1 atom stereocenters. The van der Waals surface area contributed by atoms with Crippen LogP contribution in [0.15, 0.2) is 48.5 Å². The van der Waals surface area contributed by atoms with Crippen LogP contribution in [0, 0.1) is 0 Å². The fourth-order valence-corrected chi connectivity index (χ4v) is 2.68. The molecule has 0 fully saturated rings. The van der Waals surface area contributed by atoms with E-state index in [0.29, 0.717) is 22.0 Å². The third-order valence-corrected chi connectivity index (χ3v) is 3.92. The van der Waals surface area contributed by atoms with E-state index in [0.717, 1.165) is 0 Å². The van der Waals surface area contributed by atoms with E-state index < -0.39 is 12.1 Å². The highest BCUT2D eigenvalue weighted by Crippen LogP contribution is 2.35. The Balaban J connectivity index is 2.01. The third kappa shape index (κ3) is 2.87. The quantitative estimate of drug-likeness (QED) is 0.794. The molecule has 2 aromatic rings. The Labute approximate surface area is 138 Å². The average molecular weight is 332 g/mol. The lowest BCUT2D eigenvalue weighted by molar-refractivity contribution is -0.148. The molecule has 1 heterocycles. The number of amides is 1. The number of hydrogen-bond acceptors (Lipinski definition) is 4. The van der Waals surface area contributed by atoms with Crippen LogP contribution in [-0.4, -0.2) is 31.6 Å². The van der Waals surface area contributed by atoms with Crippen molar-refractivity contribution in [1.82, 2.24) is 0 Å². The summed E-state index contributed by atoms with van der Waals surface area (Å²) < 4.78 is 10.4. The SMILES string of the molecule is COC(=O)[C@@H]1CN(C(=O)c2ccccc2Cl)c2ccccc2O1. The van der Waals surface area contributed by atoms with E-state index in [1.165, 1.54) is 12.0 Å². The molecule has 1 amide bonds. The van der Waals surface area contributed by atoms with Gasteiger partial charge in [0.05, 0.1) is 29.9 Å². The van der Waals surface area contributed by atoms with Crippen LogP contribution in [0.1, 0.15) is 10.4 Å². The number of carbonyl (C=O) groups excluding carboxylic acids is 2. The van der Waals surface area contributed by atoms with Crippen LogP contribution in [0.2, 0.25) is 5.02 Å². The van der Waals surface area contributed by atoms with Crippen LogP contribution in [-0.2, 0) is 9.53 Å². The van der Waals surface area contributed by atoms with E-state index >= 15 is 0 Å². The number of para-hydroxylation sites is 2. The van der Waals surface area contributed by atoms with Gasteiger partial charge >= 0.3 is 5.97 Å². The molecular formula is C17H14ClNO4. The Bertz CT molecular complexity index is 762. The number of ether oxygens (including phenoxy) is 2. The fraction of sp³-hybridized carbons (Fsp3) is 0.176. The summed E-state index contributed by atoms with van der Waals surface area (Å²) in [6, 6.07) is 13.8. The van der Waals surface area contributed by atoms with E-state index in [-0.39, 0.29) is 12.5 Å². The van der Waals surface area contributed by atoms with Gasteiger partial charge in [0.1, 0.15) is 5.75 Å². The molecule has 0 bridgehead atoms. The molecule has 1 aliphatic rings. The summed E-state index contributed by atoms with van der Waals surface area (Å²) in [6.07, 6.45) is -0.874. The largest absolute Gasteiger partial charge is 0.475 e. The molecule has 0 spiro atoms. The molecule has 6 heteroatoms. The number of nitrogens with zero attached hydrogens (tertiary/aromatic N) is 1. The van der Waals surface area contributed by atoms with Crippen LogP contribution >= 0.6 is 11.6 Å². The lowest BCUT2D eigenvalue weighted by atomic mass is 10.1. The Hall–Kier alpha value is -2.53. The Morgan fingerprint density at radius 1 is 1.17 bits per heavy atom. The van der Waals surface area contributed by atoms with Gasteiger partial charge < -0.3 is 14.4 Å². The summed E-state index contributed by atoms with van der Waals surface area (Å²) >= 11 is 6.12. The highest BCUT2D eigenvalue weighted by atomic mass is 35.5. The van der Waals surface area contributed by atoms with Crippen molar-refractivity contribution in [2.45, 2.75) is 6.10 Å². The van der Waals surface area contributed by atoms with Crippen LogP contribution in [0.5, 0.6) is 5.75 Å². The summed E-state index contributed by atoms with van der Waals surface area (Å²) in [5, 5.41) is 0.357. The van der Waals surface area contributed by atoms with E-state index in [9.17, 15) is 9.59 Å². The molecule has 0 saturated carbocycles. The highest BCUT2D eigenvalue weighted by Gasteiger charge is 2.35. The molecule has 2 aromatic carbocycles. The maximum atomic E-state index is 12.9. The smallest absolute Gasteiger partial charge is 0.348 e. The monoisotopic (exact) mass is 331 g/mol. The molecule has 0 aliphatic carbocycles. The lowest BCUT2D eigenvalue weighted by Crippen LogP contribution is -2.47. The first kappa shape index (κ1) is 15.4. The van der Waals surface area contributed by atoms with E-state index in [4.69, 9.17) is 21.1 Å². The Kier molecular flexibility index (Phi) is 4.21. The summed E-state index contributed by atoms with van der Waals surface area (Å²) in [7, 11) is 1.28. The van der Waals surface area contributed by atoms with Crippen molar-refractivity contribution in [3.05, 3.63) is 59.1 Å². The van der Waals surface area contributed by atoms with Crippen LogP contribution in [0.25, 0.3) is 0 Å². The van der Waals surface area contributed by atoms with Crippen LogP contribution in [0.3, 0.4) is 0 Å². The number of halogens is 1. The number of carbonyl (C=O) groups is 2. The second-order valence-corrected chi connectivity index (χ2v) is 5.40. The number of fused-ring (bicyclic) bond motifs is 1. The van der Waals surface area contributed by atoms with Gasteiger partial charge in [-0.05, 0) is 24.3 Å². The second-order valence-electron chi connectivity index (χ2n) is 4.99. The zero-order valence-electron chi connectivity index (χ0n) is 12.4. The van der Waals surface area contributed by atoms with Gasteiger partial charge in [0, 0.05) is 0 Å². The number of methoxy groups -OCH3 is 1. The van der Waals surface area contributed by atoms with Gasteiger partial charge in [-0.15, -0.1) is 0 Å². The maximum absolute atomic E-state index is 12.9. The second kappa shape index (κ2) is 6.30. The van der Waals surface area contributed by atoms with Crippen molar-refractivity contribution < 1.29 is 19.1 Å². The van der Waals surface area contributed by atoms with Crippen molar-refractivity contribution in [3.63, 3.8) is 0 Å². The van der Waals surface area contributed by atoms with Crippen molar-refractivity contribution in [2.24, 2.45) is 0 Å². The molecule has 3 rings (SSSR count). The molecule has 0 N–H and O–H groups in total. The first-order valence-electron chi connectivity index (χ1n) is 7.01. The molecular weight excluding hydrogens is 318 g/mol. The Morgan fingerprint density at radius 3 is 2.61 bits per heavy atom. The predicted octanol–water partition coefficient (Wildman–Crippen LogP) is 2.92. The van der Waals surface area contributed by atoms with Gasteiger partial charge in [-0.3, -0.25) is 4.79 Å². The van der Waals surface area contributed by atoms with Crippen molar-refractivity contribution in [1.29, 1.82) is 0 Å². The number of rotatable bonds is 2. The van der Waals surface area contributed by atoms with Gasteiger partial charge in [0.15, 0.2) is 0 Å². The molecule has 0 radical (unpaired) electrons. The fourth-order valence-electron chi connectivity index (χ4n) is 2.46. The van der Waals surface area contributed by atoms with Crippen molar-refractivity contribution in [2.75, 3.05) is 18.6 Å². The minimum Gasteiger partial charge on any atom is -0.475 e. The van der Waals surface area contributed by atoms with Gasteiger partial charge in [-0.25, -0.2) is 4.79 Å². The van der Waals surface area contributed by atoms with E-state index in [2.05, 4.69) is 0 Å². The summed E-state index contributed by atoms with van der Waals surface area (Å²) in [5.41, 5.74) is 0.965. The zero-order chi connectivity index (χ0) is 16.4. The molecule has 5 nitrogen and oxygen atoms in total. The van der Waals surface area contributed by atoms with E-state index in [1.54, 1.807) is 48.5 Å². The normalized spacial score (nSPS) is 16.3. The average Bonchev–Trinajstić information content (AvgIpc) is 2.60. The van der Waals surface area contributed by atoms with Gasteiger partial charge in [-0.2, -0.15) is 0 Å². The molecule has 0 aromatic heterocycles. The number of benzene rings is 2. The molecule has 118 valence electrons. The van der Waals surface area contributed by atoms with Gasteiger partial charge in [0.25, 0.3) is 5.91 Å². The number of esters is 1. The van der Waals surface area contributed by atoms with Crippen LogP contribution in [0.4, 0.5) is 5.69 Å². The van der Waals surface area contributed by atoms with Gasteiger partial charge in [-0.1, -0.05) is 35.9 Å². The predicted molar refractivity (Wildman–Crippen MR) is 86.0 cm³/mol. The number of hydrogen-bond donors (Lipinski definition) is 0. The van der Waals surface area contributed by atoms with Gasteiger partial charge in [0.2, 0.25) is 6.10 Å². The first-order chi connectivity index (χ1) is 11.1. The molecule has 1 aliphatic heterocycles. The number of anilines is 1. The first-order valence-corrected chi connectivity index (χ1v) is 7.39. The lowest BCUT2D eigenvalue weighted by Gasteiger charge is -2.33. The Morgan fingerprint density at radius 2 is 1.87 bits per heavy atom. The van der Waals surface area contributed by atoms with Crippen molar-refractivity contribution >= 4 is 29.2 Å². The standard InChI is InChI=1S/C17H14ClNO4/c1-22-17(21)15-10-19(13-8-4-5-9-14(13)23-15)16(20)11-6-2-3-7-12(11)18/h2-9,15H,10H2,1H3/t15-/m0/s1. The zero-order valence-corrected chi connectivity index (χ0v) is 13.1. The molecule has 0 unspecified atom stereocenters. The topological polar surface area (TPSA) is 55.8 Å². The minimum atomic E-state index is -0.874. The highest BCUT2D eigenvalue weighted by molar-refractivity contribution is 6.34. The third-order valence-electron chi connectivity index (χ3n) is 3.59. The summed E-state index contributed by atoms with van der Waals surface area (Å²) in [6.45, 7) is 0.0632.